The average molecular weight is 693 g/mol. The number of ether oxygens (including phenoxy) is 3. The van der Waals surface area contributed by atoms with E-state index in [1.807, 2.05) is 69.2 Å². The van der Waals surface area contributed by atoms with Crippen LogP contribution < -0.4 is 0 Å². The van der Waals surface area contributed by atoms with Crippen molar-refractivity contribution in [3.63, 3.8) is 0 Å². The van der Waals surface area contributed by atoms with Gasteiger partial charge in [-0.25, -0.2) is 0 Å². The molecule has 4 N–H and O–H groups in total. The van der Waals surface area contributed by atoms with Gasteiger partial charge in [0.05, 0.1) is 44.2 Å². The van der Waals surface area contributed by atoms with Crippen molar-refractivity contribution < 1.29 is 49.0 Å². The standard InChI is InChI=1S/C13H26O4.C13H26O3.C12H24O3/c1-9(2)5-6-12(10(3)4)13(16)17-11(7-14)8-15;1-6-11(8-14)16-13(15)12(10(4)5)7-9(2)3;1-6-10(7-13)15-12(14)11(8(2)3)9(4)5/h9-12,14-15H,5-8H2,1-4H3;9-12,14H,6-8H2,1-5H3;8-11,13H,6-7H2,1-5H3. The van der Waals surface area contributed by atoms with Crippen molar-refractivity contribution in [3.05, 3.63) is 0 Å². The van der Waals surface area contributed by atoms with Gasteiger partial charge in [-0.15, -0.1) is 0 Å². The second-order valence-electron chi connectivity index (χ2n) is 15.0. The lowest BCUT2D eigenvalue weighted by molar-refractivity contribution is -0.161. The lowest BCUT2D eigenvalue weighted by atomic mass is 9.86. The Hall–Kier alpha value is -1.75. The molecule has 0 aromatic heterocycles. The van der Waals surface area contributed by atoms with Crippen LogP contribution in [0.2, 0.25) is 0 Å². The third-order valence-electron chi connectivity index (χ3n) is 8.28. The Labute approximate surface area is 293 Å². The van der Waals surface area contributed by atoms with Gasteiger partial charge in [-0.1, -0.05) is 103 Å². The number of carbonyl (C=O) groups is 3. The van der Waals surface area contributed by atoms with Crippen LogP contribution in [0, 0.1) is 53.3 Å². The Kier molecular flexibility index (Phi) is 30.6. The van der Waals surface area contributed by atoms with E-state index in [0.29, 0.717) is 24.7 Å². The fourth-order valence-corrected chi connectivity index (χ4v) is 5.08. The molecule has 48 heavy (non-hydrogen) atoms. The van der Waals surface area contributed by atoms with E-state index >= 15 is 0 Å². The van der Waals surface area contributed by atoms with Gasteiger partial charge in [0.25, 0.3) is 0 Å². The van der Waals surface area contributed by atoms with Gasteiger partial charge in [-0.3, -0.25) is 14.4 Å². The molecule has 0 aromatic carbocycles. The second kappa shape index (κ2) is 29.0. The van der Waals surface area contributed by atoms with E-state index in [1.165, 1.54) is 0 Å². The van der Waals surface area contributed by atoms with Gasteiger partial charge in [-0.05, 0) is 61.2 Å². The Morgan fingerprint density at radius 2 is 0.812 bits per heavy atom. The average Bonchev–Trinajstić information content (AvgIpc) is 2.99. The normalized spacial score (nSPS) is 14.1. The van der Waals surface area contributed by atoms with E-state index in [9.17, 15) is 14.4 Å². The molecule has 0 radical (unpaired) electrons. The number of aliphatic hydroxyl groups is 4. The summed E-state index contributed by atoms with van der Waals surface area (Å²) in [5.74, 6) is 1.13. The molecule has 0 bridgehead atoms. The van der Waals surface area contributed by atoms with Crippen molar-refractivity contribution in [1.82, 2.24) is 0 Å². The zero-order valence-electron chi connectivity index (χ0n) is 33.0. The molecular weight excluding hydrogens is 616 g/mol. The monoisotopic (exact) mass is 693 g/mol. The SMILES string of the molecule is CC(C)CCC(C(=O)OC(CO)CO)C(C)C.CCC(CO)OC(=O)C(C(C)C)C(C)C.CCC(CO)OC(=O)C(CC(C)C)C(C)C. The lowest BCUT2D eigenvalue weighted by Crippen LogP contribution is -2.32. The summed E-state index contributed by atoms with van der Waals surface area (Å²) in [7, 11) is 0. The molecule has 0 aromatic rings. The van der Waals surface area contributed by atoms with E-state index in [0.717, 1.165) is 19.3 Å². The van der Waals surface area contributed by atoms with Gasteiger partial charge < -0.3 is 34.6 Å². The first-order valence-corrected chi connectivity index (χ1v) is 18.3. The van der Waals surface area contributed by atoms with Crippen molar-refractivity contribution in [3.8, 4) is 0 Å². The molecule has 4 unspecified atom stereocenters. The van der Waals surface area contributed by atoms with Gasteiger partial charge >= 0.3 is 17.9 Å². The van der Waals surface area contributed by atoms with Crippen LogP contribution in [0.5, 0.6) is 0 Å². The molecule has 288 valence electrons. The van der Waals surface area contributed by atoms with E-state index in [4.69, 9.17) is 34.6 Å². The van der Waals surface area contributed by atoms with Crippen LogP contribution in [0.4, 0.5) is 0 Å². The highest BCUT2D eigenvalue weighted by atomic mass is 16.6. The number of aliphatic hydroxyl groups excluding tert-OH is 4. The van der Waals surface area contributed by atoms with Crippen molar-refractivity contribution in [2.24, 2.45) is 53.3 Å². The fraction of sp³-hybridized carbons (Fsp3) is 0.921. The third kappa shape index (κ3) is 23.6. The highest BCUT2D eigenvalue weighted by Crippen LogP contribution is 2.24. The molecule has 10 heteroatoms. The molecule has 0 spiro atoms. The molecule has 0 heterocycles. The van der Waals surface area contributed by atoms with Crippen LogP contribution in [-0.4, -0.2) is 83.1 Å². The minimum absolute atomic E-state index is 0.0550. The first-order valence-electron chi connectivity index (χ1n) is 18.3. The predicted octanol–water partition coefficient (Wildman–Crippen LogP) is 6.44. The van der Waals surface area contributed by atoms with Gasteiger partial charge in [0.15, 0.2) is 0 Å². The quantitative estimate of drug-likeness (QED) is 0.0779. The molecule has 0 rings (SSSR count). The summed E-state index contributed by atoms with van der Waals surface area (Å²) in [5.41, 5.74) is 0. The largest absolute Gasteiger partial charge is 0.460 e. The number of esters is 3. The second-order valence-corrected chi connectivity index (χ2v) is 15.0. The van der Waals surface area contributed by atoms with Gasteiger partial charge in [0, 0.05) is 0 Å². The minimum atomic E-state index is -0.789. The number of rotatable bonds is 21. The van der Waals surface area contributed by atoms with Gasteiger partial charge in [0.2, 0.25) is 0 Å². The molecule has 0 saturated carbocycles. The number of carbonyl (C=O) groups excluding carboxylic acids is 3. The minimum Gasteiger partial charge on any atom is -0.460 e. The molecule has 0 saturated heterocycles. The van der Waals surface area contributed by atoms with Crippen molar-refractivity contribution >= 4 is 17.9 Å². The Morgan fingerprint density at radius 3 is 1.10 bits per heavy atom. The van der Waals surface area contributed by atoms with Crippen LogP contribution >= 0.6 is 0 Å². The molecule has 0 fully saturated rings. The first kappa shape index (κ1) is 50.6. The third-order valence-corrected chi connectivity index (χ3v) is 8.28. The topological polar surface area (TPSA) is 160 Å². The summed E-state index contributed by atoms with van der Waals surface area (Å²) in [6.07, 6.45) is 2.44. The van der Waals surface area contributed by atoms with Crippen LogP contribution in [0.3, 0.4) is 0 Å². The predicted molar refractivity (Wildman–Crippen MR) is 192 cm³/mol. The summed E-state index contributed by atoms with van der Waals surface area (Å²) < 4.78 is 15.6. The van der Waals surface area contributed by atoms with Crippen LogP contribution in [0.1, 0.15) is 129 Å². The molecule has 10 nitrogen and oxygen atoms in total. The Balaban J connectivity index is -0.000000634. The van der Waals surface area contributed by atoms with Gasteiger partial charge in [0.1, 0.15) is 18.3 Å². The van der Waals surface area contributed by atoms with Crippen molar-refractivity contribution in [1.29, 1.82) is 0 Å². The Bertz CT molecular complexity index is 789. The first-order chi connectivity index (χ1) is 22.3. The molecule has 4 atom stereocenters. The van der Waals surface area contributed by atoms with E-state index in [2.05, 4.69) is 27.7 Å². The summed E-state index contributed by atoms with van der Waals surface area (Å²) in [5, 5.41) is 35.7. The summed E-state index contributed by atoms with van der Waals surface area (Å²) in [6, 6.07) is 0. The molecule has 0 aliphatic rings. The summed E-state index contributed by atoms with van der Waals surface area (Å²) >= 11 is 0. The maximum atomic E-state index is 11.9. The maximum absolute atomic E-state index is 11.9. The number of hydrogen-bond acceptors (Lipinski definition) is 10. The fourth-order valence-electron chi connectivity index (χ4n) is 5.08. The van der Waals surface area contributed by atoms with E-state index in [-0.39, 0.29) is 98.0 Å². The van der Waals surface area contributed by atoms with Crippen LogP contribution in [-0.2, 0) is 28.6 Å². The van der Waals surface area contributed by atoms with Crippen molar-refractivity contribution in [2.45, 2.75) is 147 Å². The molecular formula is C38H76O10. The maximum Gasteiger partial charge on any atom is 0.309 e. The lowest BCUT2D eigenvalue weighted by Gasteiger charge is -2.25. The number of hydrogen-bond donors (Lipinski definition) is 4. The highest BCUT2D eigenvalue weighted by molar-refractivity contribution is 5.73. The van der Waals surface area contributed by atoms with E-state index < -0.39 is 6.10 Å². The van der Waals surface area contributed by atoms with Crippen LogP contribution in [0.15, 0.2) is 0 Å². The molecule has 0 aliphatic heterocycles. The zero-order valence-corrected chi connectivity index (χ0v) is 33.0. The smallest absolute Gasteiger partial charge is 0.309 e. The molecule has 0 aliphatic carbocycles. The highest BCUT2D eigenvalue weighted by Gasteiger charge is 2.29. The zero-order chi connectivity index (χ0) is 38.1. The van der Waals surface area contributed by atoms with Crippen molar-refractivity contribution in [2.75, 3.05) is 26.4 Å². The summed E-state index contributed by atoms with van der Waals surface area (Å²) in [4.78, 5) is 35.6. The Morgan fingerprint density at radius 1 is 0.458 bits per heavy atom. The van der Waals surface area contributed by atoms with E-state index in [1.54, 1.807) is 0 Å². The van der Waals surface area contributed by atoms with Crippen LogP contribution in [0.25, 0.3) is 0 Å². The molecule has 0 amide bonds. The van der Waals surface area contributed by atoms with Gasteiger partial charge in [-0.2, -0.15) is 0 Å². The summed E-state index contributed by atoms with van der Waals surface area (Å²) in [6.45, 7) is 27.5.